The van der Waals surface area contributed by atoms with Crippen molar-refractivity contribution in [1.82, 2.24) is 19.8 Å². The van der Waals surface area contributed by atoms with Crippen molar-refractivity contribution in [3.05, 3.63) is 65.2 Å². The smallest absolute Gasteiger partial charge is 0.410 e. The van der Waals surface area contributed by atoms with Crippen LogP contribution in [0.3, 0.4) is 0 Å². The number of amides is 2. The summed E-state index contributed by atoms with van der Waals surface area (Å²) in [4.78, 5) is 41.2. The first kappa shape index (κ1) is 38.1. The second-order valence-electron chi connectivity index (χ2n) is 18.6. The molecule has 2 aliphatic heterocycles. The zero-order valence-corrected chi connectivity index (χ0v) is 33.8. The number of fused-ring (bicyclic) bond motifs is 4. The number of hydrogen-bond donors (Lipinski definition) is 1. The van der Waals surface area contributed by atoms with E-state index in [-0.39, 0.29) is 63.7 Å². The highest BCUT2D eigenvalue weighted by atomic mass is 32.2. The molecule has 2 spiro atoms. The average molecular weight is 758 g/mol. The number of nitrogens with one attached hydrogen (secondary N) is 1. The fourth-order valence-electron chi connectivity index (χ4n) is 9.38. The number of likely N-dealkylation sites (tertiary alicyclic amines) is 1. The first-order valence-corrected chi connectivity index (χ1v) is 20.8. The highest BCUT2D eigenvalue weighted by Gasteiger charge is 2.70. The summed E-state index contributed by atoms with van der Waals surface area (Å²) in [5.74, 6) is -0.0845. The van der Waals surface area contributed by atoms with Crippen LogP contribution in [0, 0.1) is 30.1 Å². The predicted octanol–water partition coefficient (Wildman–Crippen LogP) is 8.16. The van der Waals surface area contributed by atoms with Crippen LogP contribution in [-0.2, 0) is 14.8 Å². The van der Waals surface area contributed by atoms with Crippen molar-refractivity contribution in [2.24, 2.45) is 16.2 Å². The molecule has 11 nitrogen and oxygen atoms in total. The minimum atomic E-state index is -4.17. The number of rotatable bonds is 3. The second-order valence-corrected chi connectivity index (χ2v) is 20.2. The Kier molecular flexibility index (Phi) is 9.55. The highest BCUT2D eigenvalue weighted by Crippen LogP contribution is 2.72. The lowest BCUT2D eigenvalue weighted by Gasteiger charge is -2.51. The Morgan fingerprint density at radius 3 is 2.39 bits per heavy atom. The Bertz CT molecular complexity index is 2040. The molecule has 2 aromatic carbocycles. The van der Waals surface area contributed by atoms with Crippen molar-refractivity contribution in [2.45, 2.75) is 123 Å². The second kappa shape index (κ2) is 13.5. The molecule has 290 valence electrons. The number of anilines is 1. The average Bonchev–Trinajstić information content (AvgIpc) is 3.81. The molecule has 4 bridgehead atoms. The van der Waals surface area contributed by atoms with Crippen LogP contribution in [0.25, 0.3) is 11.3 Å². The van der Waals surface area contributed by atoms with Crippen LogP contribution < -0.4 is 9.46 Å². The van der Waals surface area contributed by atoms with Crippen molar-refractivity contribution in [1.29, 1.82) is 0 Å². The van der Waals surface area contributed by atoms with E-state index in [1.165, 1.54) is 12.1 Å². The third-order valence-electron chi connectivity index (χ3n) is 11.5. The van der Waals surface area contributed by atoms with Crippen LogP contribution >= 0.6 is 0 Å². The highest BCUT2D eigenvalue weighted by molar-refractivity contribution is 7.92. The Morgan fingerprint density at radius 1 is 1.00 bits per heavy atom. The standard InChI is InChI=1S/C42H55N5O6S/c1-27-13-11-14-28(2)35(27)32-20-34-44-37(43-32)45-54(50,51)31-16-12-15-29(19-31)36(48)47(30(23-52-34)21-39(3,4)5)33-22-42(33)24-41(25-42)17-9-10-18-46(26-41)38(49)53-40(6,7)8/h11-16,19-20,30,33H,9-10,17-18,21-26H2,1-8H3,(H,43,44,45)/t30-,33?,41?,42?/m1/s1. The van der Waals surface area contributed by atoms with Crippen molar-refractivity contribution >= 4 is 28.0 Å². The van der Waals surface area contributed by atoms with Gasteiger partial charge in [0.25, 0.3) is 15.9 Å². The number of carbonyl (C=O) groups excluding carboxylic acids is 2. The molecule has 1 unspecified atom stereocenters. The van der Waals surface area contributed by atoms with Crippen molar-refractivity contribution < 1.29 is 27.5 Å². The SMILES string of the molecule is Cc1cccc(C)c1-c1cc2nc(n1)NS(=O)(=O)c1cccc(c1)C(=O)N(C1CC13CC1(CCCCN(C(=O)OC(C)(C)C)C1)C3)[C@H](CC(C)(C)C)CO2. The maximum atomic E-state index is 14.9. The lowest BCUT2D eigenvalue weighted by molar-refractivity contribution is -0.0307. The molecule has 1 saturated heterocycles. The summed E-state index contributed by atoms with van der Waals surface area (Å²) in [5.41, 5.74) is 2.88. The van der Waals surface area contributed by atoms with Gasteiger partial charge in [0.2, 0.25) is 11.8 Å². The van der Waals surface area contributed by atoms with E-state index in [4.69, 9.17) is 9.47 Å². The van der Waals surface area contributed by atoms with Crippen LogP contribution in [0.5, 0.6) is 5.88 Å². The number of sulfonamides is 1. The van der Waals surface area contributed by atoms with Gasteiger partial charge in [-0.25, -0.2) is 22.9 Å². The van der Waals surface area contributed by atoms with Gasteiger partial charge in [0.15, 0.2) is 0 Å². The molecule has 3 fully saturated rings. The summed E-state index contributed by atoms with van der Waals surface area (Å²) in [6.45, 7) is 17.7. The predicted molar refractivity (Wildman–Crippen MR) is 208 cm³/mol. The number of hydrogen-bond acceptors (Lipinski definition) is 8. The molecule has 2 saturated carbocycles. The summed E-state index contributed by atoms with van der Waals surface area (Å²) in [5, 5.41) is 0. The van der Waals surface area contributed by atoms with Gasteiger partial charge in [-0.1, -0.05) is 51.5 Å². The number of aromatic nitrogens is 2. The van der Waals surface area contributed by atoms with Gasteiger partial charge in [0, 0.05) is 36.3 Å². The topological polar surface area (TPSA) is 131 Å². The minimum absolute atomic E-state index is 0.0211. The molecule has 3 heterocycles. The molecule has 7 rings (SSSR count). The Hall–Kier alpha value is -4.19. The summed E-state index contributed by atoms with van der Waals surface area (Å²) in [7, 11) is -4.17. The third kappa shape index (κ3) is 7.81. The first-order valence-electron chi connectivity index (χ1n) is 19.3. The van der Waals surface area contributed by atoms with Crippen LogP contribution in [-0.4, -0.2) is 77.6 Å². The van der Waals surface area contributed by atoms with Gasteiger partial charge >= 0.3 is 6.09 Å². The van der Waals surface area contributed by atoms with E-state index >= 15 is 0 Å². The molecular weight excluding hydrogens is 703 g/mol. The van der Waals surface area contributed by atoms with Gasteiger partial charge in [0.05, 0.1) is 16.6 Å². The van der Waals surface area contributed by atoms with Crippen molar-refractivity contribution in [3.63, 3.8) is 0 Å². The monoisotopic (exact) mass is 757 g/mol. The molecule has 2 atom stereocenters. The first-order chi connectivity index (χ1) is 25.3. The Labute approximate surface area is 320 Å². The van der Waals surface area contributed by atoms with E-state index in [1.807, 2.05) is 62.6 Å². The Morgan fingerprint density at radius 2 is 1.70 bits per heavy atom. The van der Waals surface area contributed by atoms with E-state index in [1.54, 1.807) is 18.2 Å². The van der Waals surface area contributed by atoms with Gasteiger partial charge in [-0.05, 0) is 119 Å². The molecule has 0 radical (unpaired) electrons. The summed E-state index contributed by atoms with van der Waals surface area (Å²) >= 11 is 0. The molecule has 12 heteroatoms. The van der Waals surface area contributed by atoms with E-state index in [0.29, 0.717) is 30.8 Å². The number of benzene rings is 2. The van der Waals surface area contributed by atoms with Crippen LogP contribution in [0.1, 0.15) is 108 Å². The number of aryl methyl sites for hydroxylation is 2. The molecule has 1 aromatic heterocycles. The summed E-state index contributed by atoms with van der Waals surface area (Å²) in [6.07, 6.45) is 6.11. The van der Waals surface area contributed by atoms with E-state index in [9.17, 15) is 18.0 Å². The van der Waals surface area contributed by atoms with Gasteiger partial charge in [-0.3, -0.25) is 4.79 Å². The molecule has 1 N–H and O–H groups in total. The van der Waals surface area contributed by atoms with Crippen LogP contribution in [0.4, 0.5) is 10.7 Å². The van der Waals surface area contributed by atoms with Crippen LogP contribution in [0.2, 0.25) is 0 Å². The van der Waals surface area contributed by atoms with Crippen LogP contribution in [0.15, 0.2) is 53.4 Å². The molecule has 3 aromatic rings. The number of carbonyl (C=O) groups is 2. The van der Waals surface area contributed by atoms with E-state index in [0.717, 1.165) is 55.2 Å². The zero-order chi connectivity index (χ0) is 38.8. The van der Waals surface area contributed by atoms with E-state index in [2.05, 4.69) is 35.5 Å². The maximum absolute atomic E-state index is 14.9. The summed E-state index contributed by atoms with van der Waals surface area (Å²) < 4.78 is 42.6. The fourth-order valence-corrected chi connectivity index (χ4v) is 10.4. The lowest BCUT2D eigenvalue weighted by atomic mass is 9.57. The minimum Gasteiger partial charge on any atom is -0.475 e. The fraction of sp³-hybridized carbons (Fsp3) is 0.571. The molecular formula is C42H55N5O6S. The van der Waals surface area contributed by atoms with Gasteiger partial charge in [0.1, 0.15) is 12.2 Å². The Balaban J connectivity index is 1.25. The van der Waals surface area contributed by atoms with Gasteiger partial charge in [-0.2, -0.15) is 4.98 Å². The maximum Gasteiger partial charge on any atom is 0.410 e. The van der Waals surface area contributed by atoms with E-state index < -0.39 is 15.6 Å². The van der Waals surface area contributed by atoms with Crippen molar-refractivity contribution in [2.75, 3.05) is 24.4 Å². The molecule has 2 aliphatic carbocycles. The number of ether oxygens (including phenoxy) is 2. The summed E-state index contributed by atoms with van der Waals surface area (Å²) in [6, 6.07) is 13.6. The quantitative estimate of drug-likeness (QED) is 0.283. The largest absolute Gasteiger partial charge is 0.475 e. The van der Waals surface area contributed by atoms with Gasteiger partial charge < -0.3 is 19.3 Å². The zero-order valence-electron chi connectivity index (χ0n) is 33.0. The molecule has 4 aliphatic rings. The van der Waals surface area contributed by atoms with Gasteiger partial charge in [-0.15, -0.1) is 0 Å². The lowest BCUT2D eigenvalue weighted by Crippen LogP contribution is -2.53. The normalized spacial score (nSPS) is 26.7. The van der Waals surface area contributed by atoms with Crippen molar-refractivity contribution in [3.8, 4) is 17.1 Å². The number of nitrogens with zero attached hydrogens (tertiary/aromatic N) is 4. The molecule has 54 heavy (non-hydrogen) atoms. The molecule has 2 amide bonds. The third-order valence-corrected chi connectivity index (χ3v) is 12.8.